The van der Waals surface area contributed by atoms with E-state index in [-0.39, 0.29) is 11.6 Å². The van der Waals surface area contributed by atoms with Crippen molar-refractivity contribution in [2.45, 2.75) is 19.9 Å². The first-order chi connectivity index (χ1) is 17.0. The van der Waals surface area contributed by atoms with E-state index in [0.717, 1.165) is 28.1 Å². The molecule has 4 aromatic rings. The van der Waals surface area contributed by atoms with Crippen molar-refractivity contribution in [1.82, 2.24) is 15.1 Å². The molecule has 0 aliphatic rings. The van der Waals surface area contributed by atoms with Crippen molar-refractivity contribution < 1.29 is 9.53 Å². The van der Waals surface area contributed by atoms with E-state index >= 15 is 0 Å². The van der Waals surface area contributed by atoms with Gasteiger partial charge in [0.1, 0.15) is 23.1 Å². The Balaban J connectivity index is 1.73. The first kappa shape index (κ1) is 23.5. The lowest BCUT2D eigenvalue weighted by molar-refractivity contribution is -0.117. The van der Waals surface area contributed by atoms with Crippen molar-refractivity contribution in [2.75, 3.05) is 7.11 Å². The topological polar surface area (TPSA) is 79.9 Å². The van der Waals surface area contributed by atoms with Gasteiger partial charge < -0.3 is 10.1 Å². The average molecular weight is 463 g/mol. The molecule has 1 atom stereocenters. The van der Waals surface area contributed by atoms with Gasteiger partial charge in [-0.2, -0.15) is 10.4 Å². The molecule has 0 aliphatic carbocycles. The third-order valence-electron chi connectivity index (χ3n) is 5.74. The highest BCUT2D eigenvalue weighted by molar-refractivity contribution is 6.02. The van der Waals surface area contributed by atoms with Crippen molar-refractivity contribution in [3.8, 4) is 28.8 Å². The minimum Gasteiger partial charge on any atom is -0.496 e. The summed E-state index contributed by atoms with van der Waals surface area (Å²) in [4.78, 5) is 13.0. The highest BCUT2D eigenvalue weighted by Gasteiger charge is 2.17. The van der Waals surface area contributed by atoms with Crippen LogP contribution in [0.1, 0.15) is 29.7 Å². The minimum atomic E-state index is -0.437. The van der Waals surface area contributed by atoms with Crippen LogP contribution in [-0.4, -0.2) is 22.8 Å². The zero-order valence-corrected chi connectivity index (χ0v) is 19.9. The van der Waals surface area contributed by atoms with Crippen molar-refractivity contribution in [3.05, 3.63) is 107 Å². The minimum absolute atomic E-state index is 0.00637. The van der Waals surface area contributed by atoms with Crippen LogP contribution >= 0.6 is 0 Å². The van der Waals surface area contributed by atoms with Crippen molar-refractivity contribution in [1.29, 1.82) is 5.26 Å². The van der Waals surface area contributed by atoms with E-state index < -0.39 is 5.91 Å². The molecule has 1 unspecified atom stereocenters. The Kier molecular flexibility index (Phi) is 7.08. The number of methoxy groups -OCH3 is 1. The number of amides is 1. The Morgan fingerprint density at radius 3 is 2.40 bits per heavy atom. The fourth-order valence-electron chi connectivity index (χ4n) is 3.86. The summed E-state index contributed by atoms with van der Waals surface area (Å²) in [7, 11) is 1.63. The number of para-hydroxylation sites is 1. The summed E-state index contributed by atoms with van der Waals surface area (Å²) in [5.41, 5.74) is 4.99. The maximum atomic E-state index is 13.0. The van der Waals surface area contributed by atoms with Gasteiger partial charge in [-0.05, 0) is 61.4 Å². The van der Waals surface area contributed by atoms with Gasteiger partial charge in [-0.1, -0.05) is 48.5 Å². The molecule has 0 spiro atoms. The van der Waals surface area contributed by atoms with Crippen LogP contribution in [0.15, 0.2) is 90.6 Å². The molecule has 35 heavy (non-hydrogen) atoms. The molecule has 0 saturated heterocycles. The van der Waals surface area contributed by atoms with Crippen LogP contribution in [0.5, 0.6) is 5.75 Å². The maximum absolute atomic E-state index is 13.0. The first-order valence-electron chi connectivity index (χ1n) is 11.3. The number of aromatic nitrogens is 2. The van der Waals surface area contributed by atoms with E-state index in [1.165, 1.54) is 0 Å². The predicted molar refractivity (Wildman–Crippen MR) is 137 cm³/mol. The van der Waals surface area contributed by atoms with Gasteiger partial charge in [-0.3, -0.25) is 4.79 Å². The lowest BCUT2D eigenvalue weighted by Crippen LogP contribution is -2.27. The molecule has 6 heteroatoms. The molecule has 0 aliphatic heterocycles. The van der Waals surface area contributed by atoms with Gasteiger partial charge in [-0.25, -0.2) is 4.68 Å². The van der Waals surface area contributed by atoms with Crippen molar-refractivity contribution >= 4 is 12.0 Å². The Bertz CT molecular complexity index is 1400. The molecule has 1 amide bonds. The molecular formula is C29H26N4O2. The summed E-state index contributed by atoms with van der Waals surface area (Å²) in [5, 5.41) is 17.5. The number of carbonyl (C=O) groups is 1. The first-order valence-corrected chi connectivity index (χ1v) is 11.3. The van der Waals surface area contributed by atoms with E-state index in [9.17, 15) is 10.1 Å². The fraction of sp³-hybridized carbons (Fsp3) is 0.138. The molecule has 1 heterocycles. The Labute approximate surface area is 205 Å². The number of benzene rings is 3. The monoisotopic (exact) mass is 462 g/mol. The number of hydrogen-bond acceptors (Lipinski definition) is 4. The van der Waals surface area contributed by atoms with Crippen LogP contribution in [0, 0.1) is 18.3 Å². The summed E-state index contributed by atoms with van der Waals surface area (Å²) >= 11 is 0. The fourth-order valence-corrected chi connectivity index (χ4v) is 3.86. The molecule has 4 rings (SSSR count). The molecule has 174 valence electrons. The zero-order valence-electron chi connectivity index (χ0n) is 19.9. The lowest BCUT2D eigenvalue weighted by Gasteiger charge is -2.13. The molecule has 0 fully saturated rings. The number of hydrogen-bond donors (Lipinski definition) is 1. The van der Waals surface area contributed by atoms with Gasteiger partial charge in [0.15, 0.2) is 0 Å². The zero-order chi connectivity index (χ0) is 24.8. The van der Waals surface area contributed by atoms with Crippen LogP contribution in [0.2, 0.25) is 0 Å². The van der Waals surface area contributed by atoms with E-state index in [0.29, 0.717) is 11.3 Å². The summed E-state index contributed by atoms with van der Waals surface area (Å²) < 4.78 is 7.14. The molecular weight excluding hydrogens is 436 g/mol. The molecule has 0 radical (unpaired) electrons. The second-order valence-electron chi connectivity index (χ2n) is 8.17. The Morgan fingerprint density at radius 1 is 1.09 bits per heavy atom. The number of carbonyl (C=O) groups excluding carboxylic acids is 1. The van der Waals surface area contributed by atoms with E-state index in [1.54, 1.807) is 17.9 Å². The molecule has 6 nitrogen and oxygen atoms in total. The van der Waals surface area contributed by atoms with E-state index in [2.05, 4.69) is 11.4 Å². The van der Waals surface area contributed by atoms with Gasteiger partial charge in [0.2, 0.25) is 0 Å². The quantitative estimate of drug-likeness (QED) is 0.285. The van der Waals surface area contributed by atoms with Crippen LogP contribution in [0.25, 0.3) is 23.0 Å². The van der Waals surface area contributed by atoms with Crippen LogP contribution in [0.3, 0.4) is 0 Å². The Morgan fingerprint density at radius 2 is 1.77 bits per heavy atom. The number of nitriles is 1. The van der Waals surface area contributed by atoms with Gasteiger partial charge in [-0.15, -0.1) is 0 Å². The highest BCUT2D eigenvalue weighted by Crippen LogP contribution is 2.29. The van der Waals surface area contributed by atoms with Gasteiger partial charge in [0.25, 0.3) is 5.91 Å². The second-order valence-corrected chi connectivity index (χ2v) is 8.17. The summed E-state index contributed by atoms with van der Waals surface area (Å²) in [6.45, 7) is 3.85. The van der Waals surface area contributed by atoms with Crippen LogP contribution in [-0.2, 0) is 4.79 Å². The summed E-state index contributed by atoms with van der Waals surface area (Å²) in [5.74, 6) is 0.341. The highest BCUT2D eigenvalue weighted by atomic mass is 16.5. The number of rotatable bonds is 7. The van der Waals surface area contributed by atoms with Crippen molar-refractivity contribution in [2.24, 2.45) is 0 Å². The number of nitrogens with one attached hydrogen (secondary N) is 1. The molecule has 1 N–H and O–H groups in total. The van der Waals surface area contributed by atoms with Crippen LogP contribution in [0.4, 0.5) is 0 Å². The van der Waals surface area contributed by atoms with Crippen LogP contribution < -0.4 is 10.1 Å². The van der Waals surface area contributed by atoms with Gasteiger partial charge >= 0.3 is 0 Å². The third-order valence-corrected chi connectivity index (χ3v) is 5.74. The van der Waals surface area contributed by atoms with Gasteiger partial charge in [0.05, 0.1) is 18.8 Å². The lowest BCUT2D eigenvalue weighted by atomic mass is 10.0. The second kappa shape index (κ2) is 10.5. The van der Waals surface area contributed by atoms with E-state index in [1.807, 2.05) is 98.9 Å². The smallest absolute Gasteiger partial charge is 0.262 e. The number of ether oxygens (including phenoxy) is 1. The van der Waals surface area contributed by atoms with Gasteiger partial charge in [0, 0.05) is 17.3 Å². The van der Waals surface area contributed by atoms with Crippen molar-refractivity contribution in [3.63, 3.8) is 0 Å². The molecule has 1 aromatic heterocycles. The molecule has 0 bridgehead atoms. The maximum Gasteiger partial charge on any atom is 0.262 e. The molecule has 3 aromatic carbocycles. The summed E-state index contributed by atoms with van der Waals surface area (Å²) in [6, 6.07) is 26.9. The normalized spacial score (nSPS) is 12.0. The standard InChI is InChI=1S/C29H26N4O2/c1-20-16-23(14-15-27(20)35-3)28-25(19-33(32-28)26-12-8-5-9-13-26)17-24(18-30)29(34)31-21(2)22-10-6-4-7-11-22/h4-17,19,21H,1-3H3,(H,31,34)/b24-17+. The SMILES string of the molecule is COc1ccc(-c2nn(-c3ccccc3)cc2/C=C(\C#N)C(=O)NC(C)c2ccccc2)cc1C. The third kappa shape index (κ3) is 5.31. The van der Waals surface area contributed by atoms with E-state index in [4.69, 9.17) is 9.84 Å². The number of nitrogens with zero attached hydrogens (tertiary/aromatic N) is 3. The average Bonchev–Trinajstić information content (AvgIpc) is 3.32. The molecule has 0 saturated carbocycles. The largest absolute Gasteiger partial charge is 0.496 e. The predicted octanol–water partition coefficient (Wildman–Crippen LogP) is 5.64. The number of aryl methyl sites for hydroxylation is 1. The summed E-state index contributed by atoms with van der Waals surface area (Å²) in [6.07, 6.45) is 3.42. The Hall–Kier alpha value is -4.63.